The van der Waals surface area contributed by atoms with Crippen molar-refractivity contribution >= 4 is 27.7 Å². The van der Waals surface area contributed by atoms with E-state index in [2.05, 4.69) is 23.1 Å². The van der Waals surface area contributed by atoms with Crippen molar-refractivity contribution in [3.63, 3.8) is 0 Å². The van der Waals surface area contributed by atoms with Gasteiger partial charge in [-0.15, -0.1) is 0 Å². The molecule has 2 aliphatic rings. The fourth-order valence-electron chi connectivity index (χ4n) is 6.66. The maximum absolute atomic E-state index is 13.9. The third-order valence-electron chi connectivity index (χ3n) is 9.10. The largest absolute Gasteiger partial charge is 0.444 e. The second-order valence-corrected chi connectivity index (χ2v) is 16.0. The van der Waals surface area contributed by atoms with E-state index in [-0.39, 0.29) is 28.9 Å². The Morgan fingerprint density at radius 3 is 2.41 bits per heavy atom. The number of ether oxygens (including phenoxy) is 1. The van der Waals surface area contributed by atoms with Crippen LogP contribution in [0.25, 0.3) is 0 Å². The van der Waals surface area contributed by atoms with E-state index in [4.69, 9.17) is 16.3 Å². The standard InChI is InChI=1S/C35H42ClF2N3O4S/c1-34(2,3)45-33(42)41-23-27-8-5-6-11-30(27)35(24-41)15-18-40(19-16-35)17-14-26(25-9-7-10-28(36)20-25)22-39(4)46(43,44)29-12-13-31(37)32(38)21-29/h5-13,20-21,26H,14-19,22-24H2,1-4H3. The van der Waals surface area contributed by atoms with Crippen molar-refractivity contribution in [1.29, 1.82) is 0 Å². The Kier molecular flexibility index (Phi) is 10.1. The van der Waals surface area contributed by atoms with Crippen molar-refractivity contribution in [3.8, 4) is 0 Å². The minimum Gasteiger partial charge on any atom is -0.444 e. The summed E-state index contributed by atoms with van der Waals surface area (Å²) in [6.07, 6.45) is 2.10. The molecule has 1 atom stereocenters. The Morgan fingerprint density at radius 1 is 1.02 bits per heavy atom. The van der Waals surface area contributed by atoms with Gasteiger partial charge in [0.25, 0.3) is 0 Å². The van der Waals surface area contributed by atoms with Crippen LogP contribution < -0.4 is 0 Å². The van der Waals surface area contributed by atoms with Crippen LogP contribution in [-0.2, 0) is 26.7 Å². The monoisotopic (exact) mass is 673 g/mol. The van der Waals surface area contributed by atoms with Crippen LogP contribution in [0.4, 0.5) is 13.6 Å². The van der Waals surface area contributed by atoms with E-state index in [0.717, 1.165) is 55.7 Å². The SMILES string of the molecule is CN(CC(CCN1CCC2(CC1)CN(C(=O)OC(C)(C)C)Cc1ccccc12)c1cccc(Cl)c1)S(=O)(=O)c1ccc(F)c(F)c1. The zero-order valence-corrected chi connectivity index (χ0v) is 28.4. The van der Waals surface area contributed by atoms with Crippen LogP contribution in [0.3, 0.4) is 0 Å². The lowest BCUT2D eigenvalue weighted by atomic mass is 9.69. The minimum atomic E-state index is -4.07. The van der Waals surface area contributed by atoms with Gasteiger partial charge in [-0.1, -0.05) is 48.0 Å². The molecule has 7 nitrogen and oxygen atoms in total. The maximum atomic E-state index is 13.9. The molecule has 1 amide bonds. The number of carbonyl (C=O) groups is 1. The molecule has 1 unspecified atom stereocenters. The van der Waals surface area contributed by atoms with Gasteiger partial charge in [-0.2, -0.15) is 0 Å². The molecule has 0 saturated carbocycles. The van der Waals surface area contributed by atoms with Gasteiger partial charge >= 0.3 is 6.09 Å². The number of carbonyl (C=O) groups excluding carboxylic acids is 1. The van der Waals surface area contributed by atoms with Crippen molar-refractivity contribution in [2.45, 2.75) is 68.4 Å². The quantitative estimate of drug-likeness (QED) is 0.253. The lowest BCUT2D eigenvalue weighted by molar-refractivity contribution is 0.0104. The average Bonchev–Trinajstić information content (AvgIpc) is 3.00. The van der Waals surface area contributed by atoms with Crippen LogP contribution in [0.5, 0.6) is 0 Å². The second-order valence-electron chi connectivity index (χ2n) is 13.5. The second kappa shape index (κ2) is 13.6. The third kappa shape index (κ3) is 7.73. The molecule has 248 valence electrons. The maximum Gasteiger partial charge on any atom is 0.410 e. The lowest BCUT2D eigenvalue weighted by Crippen LogP contribution is -2.54. The van der Waals surface area contributed by atoms with Crippen LogP contribution in [0.2, 0.25) is 5.02 Å². The smallest absolute Gasteiger partial charge is 0.410 e. The van der Waals surface area contributed by atoms with Crippen LogP contribution in [-0.4, -0.2) is 74.0 Å². The van der Waals surface area contributed by atoms with E-state index in [1.807, 2.05) is 49.9 Å². The Labute approximate surface area is 276 Å². The van der Waals surface area contributed by atoms with E-state index >= 15 is 0 Å². The van der Waals surface area contributed by atoms with Crippen LogP contribution in [0.1, 0.15) is 62.6 Å². The van der Waals surface area contributed by atoms with Crippen LogP contribution >= 0.6 is 11.6 Å². The van der Waals surface area contributed by atoms with Gasteiger partial charge in [-0.25, -0.2) is 26.3 Å². The first-order valence-corrected chi connectivity index (χ1v) is 17.4. The molecule has 1 fully saturated rings. The first-order valence-electron chi connectivity index (χ1n) is 15.6. The van der Waals surface area contributed by atoms with Gasteiger partial charge in [-0.3, -0.25) is 0 Å². The van der Waals surface area contributed by atoms with Gasteiger partial charge in [0.2, 0.25) is 10.0 Å². The summed E-state index contributed by atoms with van der Waals surface area (Å²) in [5.41, 5.74) is 2.61. The summed E-state index contributed by atoms with van der Waals surface area (Å²) in [6, 6.07) is 18.4. The minimum absolute atomic E-state index is 0.137. The molecule has 11 heteroatoms. The predicted octanol–water partition coefficient (Wildman–Crippen LogP) is 7.20. The van der Waals surface area contributed by atoms with Gasteiger partial charge in [-0.05, 0) is 113 Å². The van der Waals surface area contributed by atoms with E-state index in [0.29, 0.717) is 30.6 Å². The molecular formula is C35H42ClF2N3O4S. The molecule has 1 saturated heterocycles. The van der Waals surface area contributed by atoms with Crippen molar-refractivity contribution in [3.05, 3.63) is 100 Å². The molecule has 0 aromatic heterocycles. The summed E-state index contributed by atoms with van der Waals surface area (Å²) < 4.78 is 61.0. The number of likely N-dealkylation sites (N-methyl/N-ethyl adjacent to an activating group) is 1. The van der Waals surface area contributed by atoms with Gasteiger partial charge in [0, 0.05) is 37.1 Å². The summed E-state index contributed by atoms with van der Waals surface area (Å²) in [5, 5.41) is 0.555. The molecule has 3 aromatic carbocycles. The number of sulfonamides is 1. The molecule has 0 radical (unpaired) electrons. The number of hydrogen-bond donors (Lipinski definition) is 0. The molecule has 46 heavy (non-hydrogen) atoms. The normalized spacial score (nSPS) is 17.6. The van der Waals surface area contributed by atoms with E-state index in [1.165, 1.54) is 16.9 Å². The fourth-order valence-corrected chi connectivity index (χ4v) is 8.09. The highest BCUT2D eigenvalue weighted by atomic mass is 35.5. The highest BCUT2D eigenvalue weighted by Gasteiger charge is 2.44. The number of benzene rings is 3. The van der Waals surface area contributed by atoms with E-state index in [1.54, 1.807) is 6.07 Å². The zero-order valence-electron chi connectivity index (χ0n) is 26.8. The van der Waals surface area contributed by atoms with Crippen LogP contribution in [0.15, 0.2) is 71.6 Å². The number of fused-ring (bicyclic) bond motifs is 2. The van der Waals surface area contributed by atoms with Crippen LogP contribution in [0, 0.1) is 11.6 Å². The molecule has 5 rings (SSSR count). The molecule has 2 aliphatic heterocycles. The number of likely N-dealkylation sites (tertiary alicyclic amines) is 1. The van der Waals surface area contributed by atoms with Gasteiger partial charge < -0.3 is 14.5 Å². The van der Waals surface area contributed by atoms with E-state index < -0.39 is 27.3 Å². The topological polar surface area (TPSA) is 70.2 Å². The first kappa shape index (κ1) is 34.3. The highest BCUT2D eigenvalue weighted by Crippen LogP contribution is 2.42. The molecule has 0 N–H and O–H groups in total. The lowest BCUT2D eigenvalue weighted by Gasteiger charge is -2.48. The summed E-state index contributed by atoms with van der Waals surface area (Å²) >= 11 is 6.33. The highest BCUT2D eigenvalue weighted by molar-refractivity contribution is 7.89. The van der Waals surface area contributed by atoms with Gasteiger partial charge in [0.1, 0.15) is 5.60 Å². The number of amides is 1. The van der Waals surface area contributed by atoms with Crippen molar-refractivity contribution in [2.24, 2.45) is 0 Å². The van der Waals surface area contributed by atoms with Crippen molar-refractivity contribution < 1.29 is 26.7 Å². The summed E-state index contributed by atoms with van der Waals surface area (Å²) in [7, 11) is -2.61. The van der Waals surface area contributed by atoms with Crippen molar-refractivity contribution in [2.75, 3.05) is 39.8 Å². The van der Waals surface area contributed by atoms with Gasteiger partial charge in [0.05, 0.1) is 4.90 Å². The average molecular weight is 674 g/mol. The fraction of sp³-hybridized carbons (Fsp3) is 0.457. The van der Waals surface area contributed by atoms with Crippen molar-refractivity contribution in [1.82, 2.24) is 14.1 Å². The zero-order chi connectivity index (χ0) is 33.3. The Hall–Kier alpha value is -3.05. The Morgan fingerprint density at radius 2 is 1.74 bits per heavy atom. The molecule has 1 spiro atoms. The Balaban J connectivity index is 1.29. The molecular weight excluding hydrogens is 632 g/mol. The summed E-state index contributed by atoms with van der Waals surface area (Å²) in [5.74, 6) is -2.51. The predicted molar refractivity (Wildman–Crippen MR) is 175 cm³/mol. The Bertz CT molecular complexity index is 1670. The number of rotatable bonds is 8. The molecule has 3 aromatic rings. The number of nitrogens with zero attached hydrogens (tertiary/aromatic N) is 3. The summed E-state index contributed by atoms with van der Waals surface area (Å²) in [6.45, 7) is 9.27. The number of hydrogen-bond acceptors (Lipinski definition) is 5. The summed E-state index contributed by atoms with van der Waals surface area (Å²) in [4.78, 5) is 17.1. The molecule has 0 bridgehead atoms. The van der Waals surface area contributed by atoms with E-state index in [9.17, 15) is 22.0 Å². The molecule has 2 heterocycles. The number of piperidine rings is 1. The molecule has 0 aliphatic carbocycles. The van der Waals surface area contributed by atoms with Gasteiger partial charge in [0.15, 0.2) is 11.6 Å². The number of halogens is 3. The first-order chi connectivity index (χ1) is 21.7. The third-order valence-corrected chi connectivity index (χ3v) is 11.2.